The van der Waals surface area contributed by atoms with Crippen molar-refractivity contribution in [2.75, 3.05) is 38.6 Å². The maximum atomic E-state index is 5.62. The number of nitrogens with zero attached hydrogens (tertiary/aromatic N) is 3. The van der Waals surface area contributed by atoms with E-state index in [2.05, 4.69) is 48.0 Å². The fourth-order valence-electron chi connectivity index (χ4n) is 2.65. The Morgan fingerprint density at radius 1 is 1.40 bits per heavy atom. The molecule has 0 aromatic carbocycles. The van der Waals surface area contributed by atoms with E-state index in [0.29, 0.717) is 6.04 Å². The minimum Gasteiger partial charge on any atom is -0.432 e. The number of aromatic nitrogens is 1. The Balaban J connectivity index is 1.81. The molecule has 1 aliphatic heterocycles. The average molecular weight is 280 g/mol. The van der Waals surface area contributed by atoms with Gasteiger partial charge in [-0.3, -0.25) is 0 Å². The first-order valence-electron chi connectivity index (χ1n) is 7.62. The van der Waals surface area contributed by atoms with Gasteiger partial charge in [0.2, 0.25) is 0 Å². The fourth-order valence-corrected chi connectivity index (χ4v) is 2.65. The Bertz CT molecular complexity index is 394. The van der Waals surface area contributed by atoms with Gasteiger partial charge in [0.25, 0.3) is 6.01 Å². The van der Waals surface area contributed by atoms with Crippen LogP contribution in [-0.2, 0) is 6.54 Å². The summed E-state index contributed by atoms with van der Waals surface area (Å²) >= 11 is 0. The highest BCUT2D eigenvalue weighted by Gasteiger charge is 2.22. The van der Waals surface area contributed by atoms with Crippen LogP contribution < -0.4 is 10.2 Å². The van der Waals surface area contributed by atoms with Gasteiger partial charge in [-0.15, -0.1) is 0 Å². The van der Waals surface area contributed by atoms with Crippen molar-refractivity contribution in [3.8, 4) is 0 Å². The summed E-state index contributed by atoms with van der Waals surface area (Å²) in [6, 6.07) is 1.26. The molecule has 1 N–H and O–H groups in total. The van der Waals surface area contributed by atoms with Gasteiger partial charge in [0.05, 0.1) is 5.69 Å². The Morgan fingerprint density at radius 2 is 2.10 bits per heavy atom. The molecule has 5 nitrogen and oxygen atoms in total. The normalized spacial score (nSPS) is 17.4. The number of nitrogens with one attached hydrogen (secondary N) is 1. The zero-order valence-corrected chi connectivity index (χ0v) is 13.2. The summed E-state index contributed by atoms with van der Waals surface area (Å²) in [6.07, 6.45) is 4.22. The predicted octanol–water partition coefficient (Wildman–Crippen LogP) is 1.95. The van der Waals surface area contributed by atoms with Gasteiger partial charge in [-0.1, -0.05) is 13.8 Å². The van der Waals surface area contributed by atoms with E-state index in [0.717, 1.165) is 37.3 Å². The monoisotopic (exact) mass is 280 g/mol. The quantitative estimate of drug-likeness (QED) is 0.863. The van der Waals surface area contributed by atoms with E-state index in [1.165, 1.54) is 19.4 Å². The molecule has 0 saturated carbocycles. The summed E-state index contributed by atoms with van der Waals surface area (Å²) in [5.74, 6) is 0.804. The summed E-state index contributed by atoms with van der Waals surface area (Å²) in [5.41, 5.74) is 0.990. The van der Waals surface area contributed by atoms with Crippen molar-refractivity contribution in [3.05, 3.63) is 12.0 Å². The lowest BCUT2D eigenvalue weighted by atomic mass is 9.97. The molecule has 1 saturated heterocycles. The highest BCUT2D eigenvalue weighted by Crippen LogP contribution is 2.23. The van der Waals surface area contributed by atoms with Crippen LogP contribution in [0.4, 0.5) is 6.01 Å². The topological polar surface area (TPSA) is 44.5 Å². The molecule has 2 heterocycles. The number of hydrogen-bond donors (Lipinski definition) is 1. The maximum Gasteiger partial charge on any atom is 0.297 e. The highest BCUT2D eigenvalue weighted by molar-refractivity contribution is 5.27. The van der Waals surface area contributed by atoms with Gasteiger partial charge in [-0.05, 0) is 32.9 Å². The van der Waals surface area contributed by atoms with Crippen molar-refractivity contribution in [2.45, 2.75) is 39.3 Å². The molecule has 114 valence electrons. The molecule has 5 heteroatoms. The summed E-state index contributed by atoms with van der Waals surface area (Å²) in [5, 5.41) is 3.36. The SMILES string of the molecule is CC(C)NCc1coc(N2CCC(CN(C)C)CC2)n1. The fraction of sp³-hybridized carbons (Fsp3) is 0.800. The van der Waals surface area contributed by atoms with Gasteiger partial charge >= 0.3 is 0 Å². The molecule has 0 unspecified atom stereocenters. The first-order chi connectivity index (χ1) is 9.54. The zero-order valence-electron chi connectivity index (χ0n) is 13.2. The van der Waals surface area contributed by atoms with E-state index in [1.54, 1.807) is 6.26 Å². The molecule has 1 aromatic rings. The molecule has 0 amide bonds. The van der Waals surface area contributed by atoms with Gasteiger partial charge in [0.1, 0.15) is 6.26 Å². The predicted molar refractivity (Wildman–Crippen MR) is 82.0 cm³/mol. The lowest BCUT2D eigenvalue weighted by Gasteiger charge is -2.32. The summed E-state index contributed by atoms with van der Waals surface area (Å²) in [4.78, 5) is 9.13. The van der Waals surface area contributed by atoms with E-state index >= 15 is 0 Å². The van der Waals surface area contributed by atoms with Crippen LogP contribution in [0.15, 0.2) is 10.7 Å². The van der Waals surface area contributed by atoms with Crippen molar-refractivity contribution >= 4 is 6.01 Å². The Labute approximate surface area is 122 Å². The van der Waals surface area contributed by atoms with Crippen molar-refractivity contribution in [3.63, 3.8) is 0 Å². The minimum atomic E-state index is 0.469. The Morgan fingerprint density at radius 3 is 2.70 bits per heavy atom. The molecule has 0 atom stereocenters. The van der Waals surface area contributed by atoms with E-state index in [9.17, 15) is 0 Å². The molecule has 1 aliphatic rings. The van der Waals surface area contributed by atoms with Crippen LogP contribution in [0.2, 0.25) is 0 Å². The van der Waals surface area contributed by atoms with Crippen LogP contribution in [0.25, 0.3) is 0 Å². The maximum absolute atomic E-state index is 5.62. The van der Waals surface area contributed by atoms with E-state index in [1.807, 2.05) is 0 Å². The van der Waals surface area contributed by atoms with E-state index in [-0.39, 0.29) is 0 Å². The first kappa shape index (κ1) is 15.3. The summed E-state index contributed by atoms with van der Waals surface area (Å²) < 4.78 is 5.62. The van der Waals surface area contributed by atoms with Gasteiger partial charge in [-0.2, -0.15) is 4.98 Å². The van der Waals surface area contributed by atoms with Crippen LogP contribution in [0.3, 0.4) is 0 Å². The second-order valence-electron chi connectivity index (χ2n) is 6.35. The van der Waals surface area contributed by atoms with Crippen molar-refractivity contribution in [1.29, 1.82) is 0 Å². The molecule has 1 fully saturated rings. The molecule has 2 rings (SSSR count). The van der Waals surface area contributed by atoms with Gasteiger partial charge < -0.3 is 19.5 Å². The second-order valence-corrected chi connectivity index (χ2v) is 6.35. The second kappa shape index (κ2) is 7.09. The highest BCUT2D eigenvalue weighted by atomic mass is 16.4. The first-order valence-corrected chi connectivity index (χ1v) is 7.62. The number of oxazole rings is 1. The van der Waals surface area contributed by atoms with Crippen LogP contribution in [0.5, 0.6) is 0 Å². The average Bonchev–Trinajstić information content (AvgIpc) is 2.85. The minimum absolute atomic E-state index is 0.469. The third-order valence-electron chi connectivity index (χ3n) is 3.74. The molecule has 0 spiro atoms. The Kier molecular flexibility index (Phi) is 5.43. The lowest BCUT2D eigenvalue weighted by molar-refractivity contribution is 0.281. The van der Waals surface area contributed by atoms with Gasteiger partial charge in [0.15, 0.2) is 0 Å². The number of hydrogen-bond acceptors (Lipinski definition) is 5. The summed E-state index contributed by atoms with van der Waals surface area (Å²) in [6.45, 7) is 8.33. The van der Waals surface area contributed by atoms with Crippen LogP contribution >= 0.6 is 0 Å². The molecular weight excluding hydrogens is 252 g/mol. The lowest BCUT2D eigenvalue weighted by Crippen LogP contribution is -2.37. The van der Waals surface area contributed by atoms with Crippen molar-refractivity contribution < 1.29 is 4.42 Å². The molecule has 1 aromatic heterocycles. The molecule has 0 radical (unpaired) electrons. The van der Waals surface area contributed by atoms with E-state index < -0.39 is 0 Å². The Hall–Kier alpha value is -1.07. The number of piperidine rings is 1. The van der Waals surface area contributed by atoms with Crippen molar-refractivity contribution in [1.82, 2.24) is 15.2 Å². The molecule has 0 bridgehead atoms. The largest absolute Gasteiger partial charge is 0.432 e. The summed E-state index contributed by atoms with van der Waals surface area (Å²) in [7, 11) is 4.29. The van der Waals surface area contributed by atoms with Crippen LogP contribution in [0, 0.1) is 5.92 Å². The molecule has 0 aliphatic carbocycles. The third-order valence-corrected chi connectivity index (χ3v) is 3.74. The van der Waals surface area contributed by atoms with Gasteiger partial charge in [-0.25, -0.2) is 0 Å². The van der Waals surface area contributed by atoms with Crippen LogP contribution in [0.1, 0.15) is 32.4 Å². The molecule has 20 heavy (non-hydrogen) atoms. The number of anilines is 1. The van der Waals surface area contributed by atoms with E-state index in [4.69, 9.17) is 4.42 Å². The third kappa shape index (κ3) is 4.49. The molecular formula is C15H28N4O. The van der Waals surface area contributed by atoms with Crippen LogP contribution in [-0.4, -0.2) is 49.7 Å². The smallest absolute Gasteiger partial charge is 0.297 e. The number of rotatable bonds is 6. The van der Waals surface area contributed by atoms with Gasteiger partial charge in [0, 0.05) is 32.2 Å². The van der Waals surface area contributed by atoms with Crippen molar-refractivity contribution in [2.24, 2.45) is 5.92 Å². The standard InChI is InChI=1S/C15H28N4O/c1-12(2)16-9-14-11-20-15(17-14)19-7-5-13(6-8-19)10-18(3)4/h11-13,16H,5-10H2,1-4H3. The zero-order chi connectivity index (χ0) is 14.5.